The van der Waals surface area contributed by atoms with Gasteiger partial charge in [-0.3, -0.25) is 4.79 Å². The maximum absolute atomic E-state index is 10.7. The summed E-state index contributed by atoms with van der Waals surface area (Å²) in [5.41, 5.74) is 1.78. The lowest BCUT2D eigenvalue weighted by molar-refractivity contribution is -0.137. The van der Waals surface area contributed by atoms with Gasteiger partial charge in [0.1, 0.15) is 0 Å². The summed E-state index contributed by atoms with van der Waals surface area (Å²) >= 11 is 0. The van der Waals surface area contributed by atoms with Crippen molar-refractivity contribution in [2.45, 2.75) is 155 Å². The zero-order valence-corrected chi connectivity index (χ0v) is 20.3. The number of hydrogen-bond donors (Lipinski definition) is 1. The Morgan fingerprint density at radius 1 is 0.767 bits per heavy atom. The number of allylic oxidation sites excluding steroid dienone is 2. The van der Waals surface area contributed by atoms with Gasteiger partial charge in [-0.25, -0.2) is 0 Å². The molecular weight excluding hydrogens is 368 g/mol. The molecule has 0 saturated heterocycles. The van der Waals surface area contributed by atoms with Crippen LogP contribution < -0.4 is 0 Å². The summed E-state index contributed by atoms with van der Waals surface area (Å²) in [6, 6.07) is 0. The molecule has 1 atom stereocenters. The van der Waals surface area contributed by atoms with Crippen LogP contribution in [-0.4, -0.2) is 11.1 Å². The molecule has 0 radical (unpaired) electrons. The number of carboxylic acids is 1. The standard InChI is InChI=1S/C28H52O2/c1-2-3-21-26(22-19-15-16-20-25-28(29)30)27-23-17-13-11-9-7-5-4-6-8-10-12-14-18-24-27/h23,26H,2-22,24-25H2,1H3,(H,29,30). The molecule has 1 unspecified atom stereocenters. The molecule has 0 aromatic carbocycles. The van der Waals surface area contributed by atoms with E-state index in [-0.39, 0.29) is 0 Å². The molecule has 1 N–H and O–H groups in total. The number of carboxylic acid groups (broad SMARTS) is 1. The first kappa shape index (κ1) is 27.2. The second-order valence-electron chi connectivity index (χ2n) is 9.75. The van der Waals surface area contributed by atoms with E-state index in [2.05, 4.69) is 13.0 Å². The van der Waals surface area contributed by atoms with Gasteiger partial charge in [-0.1, -0.05) is 115 Å². The van der Waals surface area contributed by atoms with E-state index in [1.807, 2.05) is 0 Å². The third-order valence-corrected chi connectivity index (χ3v) is 6.95. The van der Waals surface area contributed by atoms with Gasteiger partial charge in [0.25, 0.3) is 0 Å². The van der Waals surface area contributed by atoms with Crippen molar-refractivity contribution in [1.82, 2.24) is 0 Å². The molecule has 0 amide bonds. The molecule has 0 aromatic heterocycles. The molecule has 1 aliphatic rings. The summed E-state index contributed by atoms with van der Waals surface area (Å²) in [6.45, 7) is 2.32. The normalized spacial score (nSPS) is 19.2. The summed E-state index contributed by atoms with van der Waals surface area (Å²) in [6.07, 6.45) is 32.4. The van der Waals surface area contributed by atoms with Crippen LogP contribution in [0.5, 0.6) is 0 Å². The lowest BCUT2D eigenvalue weighted by atomic mass is 9.84. The molecule has 0 aromatic rings. The first-order valence-electron chi connectivity index (χ1n) is 13.6. The van der Waals surface area contributed by atoms with Crippen molar-refractivity contribution in [1.29, 1.82) is 0 Å². The third kappa shape index (κ3) is 16.0. The van der Waals surface area contributed by atoms with Crippen LogP contribution in [0.25, 0.3) is 0 Å². The number of rotatable bonds is 11. The van der Waals surface area contributed by atoms with Crippen molar-refractivity contribution in [2.75, 3.05) is 0 Å². The van der Waals surface area contributed by atoms with Crippen molar-refractivity contribution in [3.8, 4) is 0 Å². The fourth-order valence-electron chi connectivity index (χ4n) is 4.99. The fourth-order valence-corrected chi connectivity index (χ4v) is 4.99. The Kier molecular flexibility index (Phi) is 18.3. The van der Waals surface area contributed by atoms with Crippen molar-refractivity contribution >= 4 is 5.97 Å². The fraction of sp³-hybridized carbons (Fsp3) is 0.893. The van der Waals surface area contributed by atoms with E-state index in [1.165, 1.54) is 128 Å². The molecule has 0 spiro atoms. The van der Waals surface area contributed by atoms with Gasteiger partial charge in [-0.2, -0.15) is 0 Å². The van der Waals surface area contributed by atoms with Crippen LogP contribution in [0.3, 0.4) is 0 Å². The van der Waals surface area contributed by atoms with Gasteiger partial charge in [0.2, 0.25) is 0 Å². The van der Waals surface area contributed by atoms with E-state index in [4.69, 9.17) is 5.11 Å². The average molecular weight is 421 g/mol. The molecule has 30 heavy (non-hydrogen) atoms. The first-order valence-corrected chi connectivity index (χ1v) is 13.6. The smallest absolute Gasteiger partial charge is 0.303 e. The van der Waals surface area contributed by atoms with E-state index < -0.39 is 5.97 Å². The van der Waals surface area contributed by atoms with Gasteiger partial charge in [0.05, 0.1) is 0 Å². The van der Waals surface area contributed by atoms with Crippen LogP contribution >= 0.6 is 0 Å². The monoisotopic (exact) mass is 420 g/mol. The summed E-state index contributed by atoms with van der Waals surface area (Å²) in [4.78, 5) is 10.7. The zero-order valence-electron chi connectivity index (χ0n) is 20.3. The Morgan fingerprint density at radius 2 is 1.30 bits per heavy atom. The minimum absolute atomic E-state index is 0.338. The summed E-state index contributed by atoms with van der Waals surface area (Å²) in [5.74, 6) is 0.135. The molecule has 1 rings (SSSR count). The van der Waals surface area contributed by atoms with Gasteiger partial charge >= 0.3 is 5.97 Å². The van der Waals surface area contributed by atoms with Gasteiger partial charge in [-0.15, -0.1) is 0 Å². The van der Waals surface area contributed by atoms with Crippen LogP contribution in [-0.2, 0) is 4.79 Å². The second kappa shape index (κ2) is 20.1. The van der Waals surface area contributed by atoms with E-state index >= 15 is 0 Å². The van der Waals surface area contributed by atoms with Crippen molar-refractivity contribution < 1.29 is 9.90 Å². The van der Waals surface area contributed by atoms with Crippen LogP contribution in [0.2, 0.25) is 0 Å². The molecule has 0 saturated carbocycles. The van der Waals surface area contributed by atoms with Crippen LogP contribution in [0.15, 0.2) is 11.6 Å². The molecule has 0 heterocycles. The van der Waals surface area contributed by atoms with Crippen LogP contribution in [0.4, 0.5) is 0 Å². The number of unbranched alkanes of at least 4 members (excludes halogenated alkanes) is 4. The lowest BCUT2D eigenvalue weighted by Gasteiger charge is -2.21. The average Bonchev–Trinajstić information content (AvgIpc) is 2.73. The van der Waals surface area contributed by atoms with Gasteiger partial charge in [0.15, 0.2) is 0 Å². The first-order chi connectivity index (χ1) is 14.7. The highest BCUT2D eigenvalue weighted by atomic mass is 16.4. The summed E-state index contributed by atoms with van der Waals surface area (Å²) in [7, 11) is 0. The van der Waals surface area contributed by atoms with Crippen molar-refractivity contribution in [3.05, 3.63) is 11.6 Å². The molecular formula is C28H52O2. The minimum Gasteiger partial charge on any atom is -0.481 e. The molecule has 0 fully saturated rings. The van der Waals surface area contributed by atoms with E-state index in [0.29, 0.717) is 6.42 Å². The second-order valence-corrected chi connectivity index (χ2v) is 9.75. The van der Waals surface area contributed by atoms with E-state index in [9.17, 15) is 4.79 Å². The quantitative estimate of drug-likeness (QED) is 0.267. The highest BCUT2D eigenvalue weighted by Gasteiger charge is 2.14. The molecule has 176 valence electrons. The molecule has 2 nitrogen and oxygen atoms in total. The Balaban J connectivity index is 2.54. The zero-order chi connectivity index (χ0) is 21.7. The predicted octanol–water partition coefficient (Wildman–Crippen LogP) is 9.62. The topological polar surface area (TPSA) is 37.3 Å². The SMILES string of the molecule is CCCCC(CCCCCCC(=O)O)C1=CCCCCCCCCCCCCCC1. The van der Waals surface area contributed by atoms with Gasteiger partial charge in [-0.05, 0) is 50.9 Å². The van der Waals surface area contributed by atoms with Crippen molar-refractivity contribution in [3.63, 3.8) is 0 Å². The number of carbonyl (C=O) groups is 1. The van der Waals surface area contributed by atoms with E-state index in [1.54, 1.807) is 5.57 Å². The maximum atomic E-state index is 10.7. The Bertz CT molecular complexity index is 426. The van der Waals surface area contributed by atoms with Gasteiger partial charge in [0, 0.05) is 6.42 Å². The number of hydrogen-bond acceptors (Lipinski definition) is 1. The Labute approximate surface area is 188 Å². The molecule has 1 aliphatic carbocycles. The predicted molar refractivity (Wildman–Crippen MR) is 131 cm³/mol. The molecule has 0 aliphatic heterocycles. The van der Waals surface area contributed by atoms with Crippen LogP contribution in [0.1, 0.15) is 155 Å². The van der Waals surface area contributed by atoms with Crippen LogP contribution in [0, 0.1) is 5.92 Å². The van der Waals surface area contributed by atoms with Gasteiger partial charge < -0.3 is 5.11 Å². The largest absolute Gasteiger partial charge is 0.481 e. The highest BCUT2D eigenvalue weighted by molar-refractivity contribution is 5.66. The lowest BCUT2D eigenvalue weighted by Crippen LogP contribution is -2.06. The maximum Gasteiger partial charge on any atom is 0.303 e. The Hall–Kier alpha value is -0.790. The summed E-state index contributed by atoms with van der Waals surface area (Å²) < 4.78 is 0. The third-order valence-electron chi connectivity index (χ3n) is 6.95. The minimum atomic E-state index is -0.646. The molecule has 2 heteroatoms. The summed E-state index contributed by atoms with van der Waals surface area (Å²) in [5, 5.41) is 8.81. The Morgan fingerprint density at radius 3 is 1.90 bits per heavy atom. The van der Waals surface area contributed by atoms with Crippen molar-refractivity contribution in [2.24, 2.45) is 5.92 Å². The number of aliphatic carboxylic acids is 1. The molecule has 0 bridgehead atoms. The van der Waals surface area contributed by atoms with E-state index in [0.717, 1.165) is 18.8 Å². The highest BCUT2D eigenvalue weighted by Crippen LogP contribution is 2.30.